The van der Waals surface area contributed by atoms with E-state index >= 15 is 0 Å². The minimum absolute atomic E-state index is 0.174. The first-order valence-corrected chi connectivity index (χ1v) is 12.4. The number of halogens is 2. The predicted octanol–water partition coefficient (Wildman–Crippen LogP) is 4.26. The van der Waals surface area contributed by atoms with E-state index < -0.39 is 20.0 Å². The van der Waals surface area contributed by atoms with Crippen LogP contribution >= 0.6 is 15.9 Å². The molecule has 7 nitrogen and oxygen atoms in total. The molecule has 0 fully saturated rings. The quantitative estimate of drug-likeness (QED) is 0.154. The van der Waals surface area contributed by atoms with Crippen LogP contribution in [-0.4, -0.2) is 41.5 Å². The van der Waals surface area contributed by atoms with Crippen LogP contribution in [0.15, 0.2) is 28.0 Å². The maximum Gasteiger partial charge on any atom is 0.410 e. The summed E-state index contributed by atoms with van der Waals surface area (Å²) in [5.41, 5.74) is 0.821. The summed E-state index contributed by atoms with van der Waals surface area (Å²) >= 11 is 3.12. The molecule has 142 valence electrons. The van der Waals surface area contributed by atoms with Crippen LogP contribution in [-0.2, 0) is 11.5 Å². The van der Waals surface area contributed by atoms with E-state index in [0.29, 0.717) is 23.1 Å². The lowest BCUT2D eigenvalue weighted by Gasteiger charge is -2.15. The van der Waals surface area contributed by atoms with Gasteiger partial charge in [-0.25, -0.2) is 9.18 Å². The molecule has 3 N–H and O–H groups in total. The predicted molar refractivity (Wildman–Crippen MR) is 103 cm³/mol. The summed E-state index contributed by atoms with van der Waals surface area (Å²) in [5.74, 6) is -0.707. The molecule has 2 aromatic rings. The number of amides is 1. The monoisotopic (exact) mass is 445 g/mol. The number of ether oxygens (including phenoxy) is 1. The summed E-state index contributed by atoms with van der Waals surface area (Å²) in [5, 5.41) is 23.6. The molecule has 0 aliphatic carbocycles. The highest BCUT2D eigenvalue weighted by Gasteiger charge is 2.18. The van der Waals surface area contributed by atoms with Crippen LogP contribution in [0.25, 0.3) is 10.9 Å². The Labute approximate surface area is 159 Å². The van der Waals surface area contributed by atoms with Crippen LogP contribution in [0.5, 0.6) is 0 Å². The third-order valence-electron chi connectivity index (χ3n) is 3.73. The minimum Gasteiger partial charge on any atom is -0.465 e. The minimum atomic E-state index is -1.37. The first kappa shape index (κ1) is 20.4. The van der Waals surface area contributed by atoms with Crippen LogP contribution < -0.4 is 5.32 Å². The van der Waals surface area contributed by atoms with Gasteiger partial charge in [0.1, 0.15) is 12.5 Å². The van der Waals surface area contributed by atoms with Gasteiger partial charge in [0, 0.05) is 31.8 Å². The zero-order chi connectivity index (χ0) is 19.5. The van der Waals surface area contributed by atoms with Crippen LogP contribution in [0.2, 0.25) is 25.7 Å². The molecule has 0 spiro atoms. The number of amidine groups is 1. The third kappa shape index (κ3) is 5.05. The smallest absolute Gasteiger partial charge is 0.410 e. The van der Waals surface area contributed by atoms with E-state index in [-0.39, 0.29) is 17.0 Å². The number of nitrogens with zero attached hydrogens (tertiary/aromatic N) is 2. The molecule has 1 heterocycles. The Hall–Kier alpha value is -1.91. The van der Waals surface area contributed by atoms with Crippen molar-refractivity contribution in [2.75, 3.05) is 6.61 Å². The molecule has 26 heavy (non-hydrogen) atoms. The number of aromatic nitrogens is 1. The third-order valence-corrected chi connectivity index (χ3v) is 6.04. The first-order valence-electron chi connectivity index (χ1n) is 7.90. The zero-order valence-corrected chi connectivity index (χ0v) is 17.3. The van der Waals surface area contributed by atoms with E-state index in [1.807, 2.05) is 5.32 Å². The lowest BCUT2D eigenvalue weighted by atomic mass is 10.1. The average Bonchev–Trinajstić information content (AvgIpc) is 2.86. The molecule has 0 bridgehead atoms. The summed E-state index contributed by atoms with van der Waals surface area (Å²) in [4.78, 5) is 10.9. The number of benzene rings is 1. The molecular formula is C16H21BrFN3O4Si. The van der Waals surface area contributed by atoms with Gasteiger partial charge < -0.3 is 19.6 Å². The molecule has 0 saturated carbocycles. The van der Waals surface area contributed by atoms with Crippen LogP contribution in [0.4, 0.5) is 9.18 Å². The maximum atomic E-state index is 14.0. The topological polar surface area (TPSA) is 96.1 Å². The fourth-order valence-corrected chi connectivity index (χ4v) is 3.47. The molecule has 0 aliphatic rings. The molecule has 1 aromatic carbocycles. The van der Waals surface area contributed by atoms with Crippen molar-refractivity contribution in [1.29, 1.82) is 0 Å². The van der Waals surface area contributed by atoms with Crippen molar-refractivity contribution >= 4 is 46.8 Å². The lowest BCUT2D eigenvalue weighted by Crippen LogP contribution is -2.29. The second kappa shape index (κ2) is 8.19. The van der Waals surface area contributed by atoms with Gasteiger partial charge in [0.2, 0.25) is 0 Å². The SMILES string of the molecule is C[Si](C)(C)CCOCn1cc(/C(=N/O)NC(=O)O)c2cc(Br)c(F)cc21. The molecule has 0 unspecified atom stereocenters. The van der Waals surface area contributed by atoms with E-state index in [0.717, 1.165) is 6.04 Å². The molecule has 1 amide bonds. The largest absolute Gasteiger partial charge is 0.465 e. The van der Waals surface area contributed by atoms with Crippen molar-refractivity contribution in [2.24, 2.45) is 5.16 Å². The number of carboxylic acid groups (broad SMARTS) is 1. The number of rotatable bonds is 6. The van der Waals surface area contributed by atoms with Crippen LogP contribution in [0, 0.1) is 5.82 Å². The zero-order valence-electron chi connectivity index (χ0n) is 14.7. The fraction of sp³-hybridized carbons (Fsp3) is 0.375. The Morgan fingerprint density at radius 1 is 1.42 bits per heavy atom. The number of hydrogen-bond donors (Lipinski definition) is 3. The number of fused-ring (bicyclic) bond motifs is 1. The number of oxime groups is 1. The van der Waals surface area contributed by atoms with E-state index in [9.17, 15) is 9.18 Å². The van der Waals surface area contributed by atoms with Gasteiger partial charge in [0.15, 0.2) is 5.84 Å². The Morgan fingerprint density at radius 3 is 2.69 bits per heavy atom. The highest BCUT2D eigenvalue weighted by molar-refractivity contribution is 9.10. The molecule has 0 atom stereocenters. The molecule has 0 radical (unpaired) electrons. The van der Waals surface area contributed by atoms with Crippen LogP contribution in [0.1, 0.15) is 5.56 Å². The Bertz CT molecular complexity index is 848. The van der Waals surface area contributed by atoms with Crippen LogP contribution in [0.3, 0.4) is 0 Å². The molecule has 2 rings (SSSR count). The number of hydrogen-bond acceptors (Lipinski definition) is 4. The Balaban J connectivity index is 2.38. The van der Waals surface area contributed by atoms with Crippen molar-refractivity contribution in [3.05, 3.63) is 34.2 Å². The van der Waals surface area contributed by atoms with E-state index in [1.54, 1.807) is 10.8 Å². The number of carbonyl (C=O) groups is 1. The summed E-state index contributed by atoms with van der Waals surface area (Å²) in [6, 6.07) is 3.82. The van der Waals surface area contributed by atoms with Crippen molar-refractivity contribution in [3.63, 3.8) is 0 Å². The van der Waals surface area contributed by atoms with Gasteiger partial charge >= 0.3 is 6.09 Å². The van der Waals surface area contributed by atoms with E-state index in [4.69, 9.17) is 15.1 Å². The molecule has 1 aromatic heterocycles. The Kier molecular flexibility index (Phi) is 6.42. The molecule has 10 heteroatoms. The average molecular weight is 446 g/mol. The summed E-state index contributed by atoms with van der Waals surface area (Å²) in [6.45, 7) is 7.49. The molecular weight excluding hydrogens is 425 g/mol. The first-order chi connectivity index (χ1) is 12.1. The van der Waals surface area contributed by atoms with E-state index in [1.165, 1.54) is 12.1 Å². The van der Waals surface area contributed by atoms with Crippen molar-refractivity contribution in [1.82, 2.24) is 9.88 Å². The fourth-order valence-electron chi connectivity index (χ4n) is 2.37. The van der Waals surface area contributed by atoms with Crippen molar-refractivity contribution in [2.45, 2.75) is 32.4 Å². The highest BCUT2D eigenvalue weighted by Crippen LogP contribution is 2.28. The van der Waals surface area contributed by atoms with E-state index in [2.05, 4.69) is 40.7 Å². The molecule has 0 aliphatic heterocycles. The van der Waals surface area contributed by atoms with Gasteiger partial charge in [-0.2, -0.15) is 0 Å². The number of nitrogens with one attached hydrogen (secondary N) is 1. The normalized spacial score (nSPS) is 12.6. The van der Waals surface area contributed by atoms with Gasteiger partial charge in [-0.15, -0.1) is 0 Å². The molecule has 0 saturated heterocycles. The summed E-state index contributed by atoms with van der Waals surface area (Å²) in [6.07, 6.45) is 0.196. The van der Waals surface area contributed by atoms with Gasteiger partial charge in [-0.1, -0.05) is 24.8 Å². The highest BCUT2D eigenvalue weighted by atomic mass is 79.9. The summed E-state index contributed by atoms with van der Waals surface area (Å²) < 4.78 is 21.6. The summed E-state index contributed by atoms with van der Waals surface area (Å²) in [7, 11) is -1.23. The van der Waals surface area contributed by atoms with Gasteiger partial charge in [0.05, 0.1) is 9.99 Å². The van der Waals surface area contributed by atoms with Gasteiger partial charge in [0.25, 0.3) is 0 Å². The van der Waals surface area contributed by atoms with Crippen molar-refractivity contribution in [3.8, 4) is 0 Å². The Morgan fingerprint density at radius 2 is 2.12 bits per heavy atom. The second-order valence-corrected chi connectivity index (χ2v) is 13.5. The standard InChI is InChI=1S/C16H21BrFN3O4Si/c1-26(2,3)5-4-25-9-21-8-11(15(20-24)19-16(22)23)10-6-12(17)13(18)7-14(10)21/h6-8,24H,4-5,9H2,1-3H3,(H,19,20)(H,22,23). The lowest BCUT2D eigenvalue weighted by molar-refractivity contribution is 0.0902. The maximum absolute atomic E-state index is 14.0. The van der Waals surface area contributed by atoms with Crippen molar-refractivity contribution < 1.29 is 24.2 Å². The second-order valence-electron chi connectivity index (χ2n) is 7.02. The van der Waals surface area contributed by atoms with Gasteiger partial charge in [-0.3, -0.25) is 5.32 Å². The van der Waals surface area contributed by atoms with Gasteiger partial charge in [-0.05, 0) is 34.1 Å².